The Bertz CT molecular complexity index is 646. The number of benzene rings is 1. The van der Waals surface area contributed by atoms with Crippen molar-refractivity contribution in [2.24, 2.45) is 23.7 Å². The van der Waals surface area contributed by atoms with Crippen LogP contribution >= 0.6 is 0 Å². The Morgan fingerprint density at radius 3 is 2.26 bits per heavy atom. The standard InChI is InChI=1S/C19H23NO3/c1-11(2)15-13-8-9-14(15)17(19(22)23)16(13)18(21)20-10-12-6-4-3-5-7-12/h3-7,13-14,16-17H,8-10H2,1-2H3,(H,20,21)(H,22,23)/t13-,14-,16+,17+/m0/s1. The number of fused-ring (bicyclic) bond motifs is 2. The lowest BCUT2D eigenvalue weighted by Crippen LogP contribution is -2.41. The number of carboxylic acid groups (broad SMARTS) is 1. The molecular weight excluding hydrogens is 290 g/mol. The Kier molecular flexibility index (Phi) is 4.24. The zero-order valence-corrected chi connectivity index (χ0v) is 13.6. The van der Waals surface area contributed by atoms with Crippen LogP contribution in [0.1, 0.15) is 32.3 Å². The molecule has 2 aliphatic rings. The third-order valence-corrected chi connectivity index (χ3v) is 5.32. The lowest BCUT2D eigenvalue weighted by Gasteiger charge is -2.26. The average Bonchev–Trinajstić information content (AvgIpc) is 3.09. The normalized spacial score (nSPS) is 28.7. The highest BCUT2D eigenvalue weighted by Gasteiger charge is 2.57. The first-order valence-electron chi connectivity index (χ1n) is 8.22. The van der Waals surface area contributed by atoms with Gasteiger partial charge in [0.15, 0.2) is 0 Å². The molecule has 0 aliphatic heterocycles. The van der Waals surface area contributed by atoms with E-state index in [4.69, 9.17) is 0 Å². The van der Waals surface area contributed by atoms with Crippen LogP contribution in [0.2, 0.25) is 0 Å². The van der Waals surface area contributed by atoms with Gasteiger partial charge in [-0.15, -0.1) is 0 Å². The van der Waals surface area contributed by atoms with Crippen molar-refractivity contribution in [2.45, 2.75) is 33.2 Å². The molecule has 0 unspecified atom stereocenters. The van der Waals surface area contributed by atoms with Crippen molar-refractivity contribution in [3.8, 4) is 0 Å². The maximum Gasteiger partial charge on any atom is 0.307 e. The summed E-state index contributed by atoms with van der Waals surface area (Å²) in [6.45, 7) is 4.51. The molecule has 2 saturated carbocycles. The molecule has 0 spiro atoms. The summed E-state index contributed by atoms with van der Waals surface area (Å²) >= 11 is 0. The molecule has 2 N–H and O–H groups in total. The molecule has 2 bridgehead atoms. The van der Waals surface area contributed by atoms with Gasteiger partial charge in [0.25, 0.3) is 0 Å². The smallest absolute Gasteiger partial charge is 0.307 e. The Morgan fingerprint density at radius 1 is 1.09 bits per heavy atom. The van der Waals surface area contributed by atoms with Crippen LogP contribution in [0.25, 0.3) is 0 Å². The van der Waals surface area contributed by atoms with E-state index in [0.717, 1.165) is 18.4 Å². The number of carboxylic acids is 1. The van der Waals surface area contributed by atoms with Crippen LogP contribution in [0.4, 0.5) is 0 Å². The van der Waals surface area contributed by atoms with Crippen molar-refractivity contribution in [1.29, 1.82) is 0 Å². The summed E-state index contributed by atoms with van der Waals surface area (Å²) in [5.74, 6) is -1.82. The molecule has 0 heterocycles. The highest BCUT2D eigenvalue weighted by atomic mass is 16.4. The van der Waals surface area contributed by atoms with Crippen molar-refractivity contribution in [1.82, 2.24) is 5.32 Å². The number of aliphatic carboxylic acids is 1. The predicted octanol–water partition coefficient (Wildman–Crippen LogP) is 3.00. The predicted molar refractivity (Wildman–Crippen MR) is 87.5 cm³/mol. The number of nitrogens with one attached hydrogen (secondary N) is 1. The minimum atomic E-state index is -0.837. The average molecular weight is 313 g/mol. The van der Waals surface area contributed by atoms with Crippen molar-refractivity contribution in [3.05, 3.63) is 47.0 Å². The number of allylic oxidation sites excluding steroid dienone is 2. The fourth-order valence-corrected chi connectivity index (χ4v) is 4.51. The van der Waals surface area contributed by atoms with Gasteiger partial charge < -0.3 is 10.4 Å². The first kappa shape index (κ1) is 15.8. The van der Waals surface area contributed by atoms with Gasteiger partial charge in [0.1, 0.15) is 0 Å². The second kappa shape index (κ2) is 6.19. The number of amides is 1. The first-order valence-corrected chi connectivity index (χ1v) is 8.22. The molecule has 3 rings (SSSR count). The molecule has 23 heavy (non-hydrogen) atoms. The van der Waals surface area contributed by atoms with Crippen LogP contribution in [-0.2, 0) is 16.1 Å². The number of rotatable bonds is 4. The van der Waals surface area contributed by atoms with Crippen LogP contribution in [0.15, 0.2) is 41.5 Å². The van der Waals surface area contributed by atoms with Gasteiger partial charge in [-0.05, 0) is 44.1 Å². The molecule has 1 aromatic carbocycles. The maximum atomic E-state index is 12.7. The molecule has 0 radical (unpaired) electrons. The Labute approximate surface area is 136 Å². The Hall–Kier alpha value is -2.10. The van der Waals surface area contributed by atoms with E-state index >= 15 is 0 Å². The Balaban J connectivity index is 1.79. The Morgan fingerprint density at radius 2 is 1.70 bits per heavy atom. The van der Waals surface area contributed by atoms with E-state index in [2.05, 4.69) is 5.32 Å². The quantitative estimate of drug-likeness (QED) is 0.840. The van der Waals surface area contributed by atoms with Crippen LogP contribution in [0.5, 0.6) is 0 Å². The van der Waals surface area contributed by atoms with Gasteiger partial charge in [-0.2, -0.15) is 0 Å². The van der Waals surface area contributed by atoms with Crippen LogP contribution in [0.3, 0.4) is 0 Å². The number of hydrogen-bond donors (Lipinski definition) is 2. The molecule has 1 aromatic rings. The van der Waals surface area contributed by atoms with Gasteiger partial charge in [-0.1, -0.05) is 41.5 Å². The second-order valence-electron chi connectivity index (χ2n) is 6.84. The second-order valence-corrected chi connectivity index (χ2v) is 6.84. The summed E-state index contributed by atoms with van der Waals surface area (Å²) in [5.41, 5.74) is 3.43. The molecule has 0 aromatic heterocycles. The topological polar surface area (TPSA) is 66.4 Å². The zero-order valence-electron chi connectivity index (χ0n) is 13.6. The summed E-state index contributed by atoms with van der Waals surface area (Å²) in [6.07, 6.45) is 1.82. The molecule has 122 valence electrons. The molecule has 4 heteroatoms. The van der Waals surface area contributed by atoms with Crippen LogP contribution < -0.4 is 5.32 Å². The zero-order chi connectivity index (χ0) is 16.6. The fourth-order valence-electron chi connectivity index (χ4n) is 4.51. The van der Waals surface area contributed by atoms with Gasteiger partial charge in [0.2, 0.25) is 5.91 Å². The minimum absolute atomic E-state index is 0.0370. The summed E-state index contributed by atoms with van der Waals surface area (Å²) in [4.78, 5) is 24.4. The molecular formula is C19H23NO3. The number of carbonyl (C=O) groups excluding carboxylic acids is 1. The monoisotopic (exact) mass is 313 g/mol. The fraction of sp³-hybridized carbons (Fsp3) is 0.474. The summed E-state index contributed by atoms with van der Waals surface area (Å²) in [7, 11) is 0. The first-order chi connectivity index (χ1) is 11.0. The summed E-state index contributed by atoms with van der Waals surface area (Å²) in [6, 6.07) is 9.71. The molecule has 0 saturated heterocycles. The third kappa shape index (κ3) is 2.78. The lowest BCUT2D eigenvalue weighted by molar-refractivity contribution is -0.149. The number of carbonyl (C=O) groups is 2. The third-order valence-electron chi connectivity index (χ3n) is 5.32. The molecule has 4 atom stereocenters. The summed E-state index contributed by atoms with van der Waals surface area (Å²) < 4.78 is 0. The maximum absolute atomic E-state index is 12.7. The van der Waals surface area contributed by atoms with Gasteiger partial charge in [0.05, 0.1) is 11.8 Å². The van der Waals surface area contributed by atoms with Gasteiger partial charge >= 0.3 is 5.97 Å². The summed E-state index contributed by atoms with van der Waals surface area (Å²) in [5, 5.41) is 12.6. The van der Waals surface area contributed by atoms with E-state index in [1.165, 1.54) is 11.1 Å². The van der Waals surface area contributed by atoms with Gasteiger partial charge in [-0.25, -0.2) is 0 Å². The van der Waals surface area contributed by atoms with Gasteiger partial charge in [-0.3, -0.25) is 9.59 Å². The molecule has 4 nitrogen and oxygen atoms in total. The molecule has 2 fully saturated rings. The van der Waals surface area contributed by atoms with E-state index in [0.29, 0.717) is 6.54 Å². The van der Waals surface area contributed by atoms with E-state index < -0.39 is 17.8 Å². The highest BCUT2D eigenvalue weighted by molar-refractivity contribution is 5.87. The van der Waals surface area contributed by atoms with Crippen molar-refractivity contribution in [2.75, 3.05) is 0 Å². The largest absolute Gasteiger partial charge is 0.481 e. The highest BCUT2D eigenvalue weighted by Crippen LogP contribution is 2.57. The van der Waals surface area contributed by atoms with Crippen LogP contribution in [-0.4, -0.2) is 17.0 Å². The van der Waals surface area contributed by atoms with Crippen molar-refractivity contribution < 1.29 is 14.7 Å². The van der Waals surface area contributed by atoms with E-state index in [9.17, 15) is 14.7 Å². The van der Waals surface area contributed by atoms with Crippen molar-refractivity contribution >= 4 is 11.9 Å². The van der Waals surface area contributed by atoms with E-state index in [-0.39, 0.29) is 17.7 Å². The van der Waals surface area contributed by atoms with E-state index in [1.54, 1.807) is 0 Å². The molecule has 2 aliphatic carbocycles. The van der Waals surface area contributed by atoms with Crippen LogP contribution in [0, 0.1) is 23.7 Å². The van der Waals surface area contributed by atoms with E-state index in [1.807, 2.05) is 44.2 Å². The molecule has 1 amide bonds. The lowest BCUT2D eigenvalue weighted by atomic mass is 9.78. The minimum Gasteiger partial charge on any atom is -0.481 e. The van der Waals surface area contributed by atoms with Crippen molar-refractivity contribution in [3.63, 3.8) is 0 Å². The number of hydrogen-bond acceptors (Lipinski definition) is 2. The van der Waals surface area contributed by atoms with Gasteiger partial charge in [0, 0.05) is 6.54 Å². The SMILES string of the molecule is CC(C)=C1[C@@H]2CC[C@@H]1[C@@H](C(=O)NCc1ccccc1)[C@@H]2C(=O)O.